The topological polar surface area (TPSA) is 44.8 Å². The molecule has 0 spiro atoms. The van der Waals surface area contributed by atoms with Crippen LogP contribution in [0.25, 0.3) is 10.1 Å². The molecule has 0 saturated carbocycles. The van der Waals surface area contributed by atoms with Crippen molar-refractivity contribution in [3.63, 3.8) is 0 Å². The van der Waals surface area contributed by atoms with Crippen molar-refractivity contribution in [2.75, 3.05) is 21.3 Å². The first kappa shape index (κ1) is 15.4. The quantitative estimate of drug-likeness (QED) is 0.660. The van der Waals surface area contributed by atoms with E-state index in [-0.39, 0.29) is 5.78 Å². The highest BCUT2D eigenvalue weighted by molar-refractivity contribution is 7.17. The molecule has 0 atom stereocenters. The van der Waals surface area contributed by atoms with Crippen LogP contribution < -0.4 is 14.2 Å². The highest BCUT2D eigenvalue weighted by Crippen LogP contribution is 2.38. The summed E-state index contributed by atoms with van der Waals surface area (Å²) >= 11 is 1.65. The summed E-state index contributed by atoms with van der Waals surface area (Å²) in [5, 5.41) is 3.08. The van der Waals surface area contributed by atoms with Crippen molar-refractivity contribution < 1.29 is 19.0 Å². The Bertz CT molecular complexity index is 841. The molecule has 0 fully saturated rings. The zero-order valence-corrected chi connectivity index (χ0v) is 13.9. The van der Waals surface area contributed by atoms with Gasteiger partial charge in [0.1, 0.15) is 0 Å². The molecule has 0 radical (unpaired) electrons. The van der Waals surface area contributed by atoms with Crippen LogP contribution >= 0.6 is 11.3 Å². The van der Waals surface area contributed by atoms with E-state index in [9.17, 15) is 4.79 Å². The summed E-state index contributed by atoms with van der Waals surface area (Å²) in [4.78, 5) is 12.8. The molecule has 118 valence electrons. The minimum absolute atomic E-state index is 0.0858. The smallest absolute Gasteiger partial charge is 0.203 e. The van der Waals surface area contributed by atoms with Crippen molar-refractivity contribution in [3.05, 3.63) is 52.9 Å². The zero-order chi connectivity index (χ0) is 16.4. The van der Waals surface area contributed by atoms with Crippen LogP contribution in [0.1, 0.15) is 15.9 Å². The Labute approximate surface area is 138 Å². The molecule has 0 N–H and O–H groups in total. The van der Waals surface area contributed by atoms with Gasteiger partial charge in [-0.1, -0.05) is 0 Å². The minimum Gasteiger partial charge on any atom is -0.493 e. The second kappa shape index (κ2) is 6.30. The maximum atomic E-state index is 12.8. The number of carbonyl (C=O) groups is 1. The lowest BCUT2D eigenvalue weighted by atomic mass is 10.0. The van der Waals surface area contributed by atoms with E-state index < -0.39 is 0 Å². The number of methoxy groups -OCH3 is 3. The fourth-order valence-corrected chi connectivity index (χ4v) is 3.26. The van der Waals surface area contributed by atoms with E-state index in [1.54, 1.807) is 23.5 Å². The number of carbonyl (C=O) groups excluding carboxylic acids is 1. The minimum atomic E-state index is -0.0858. The molecule has 0 unspecified atom stereocenters. The van der Waals surface area contributed by atoms with Crippen LogP contribution in [0.2, 0.25) is 0 Å². The van der Waals surface area contributed by atoms with Gasteiger partial charge in [0, 0.05) is 15.8 Å². The van der Waals surface area contributed by atoms with Gasteiger partial charge in [-0.15, -0.1) is 11.3 Å². The van der Waals surface area contributed by atoms with Gasteiger partial charge in [-0.25, -0.2) is 0 Å². The van der Waals surface area contributed by atoms with Crippen molar-refractivity contribution in [2.45, 2.75) is 0 Å². The first-order valence-corrected chi connectivity index (χ1v) is 7.88. The van der Waals surface area contributed by atoms with E-state index in [2.05, 4.69) is 0 Å². The van der Waals surface area contributed by atoms with Crippen molar-refractivity contribution in [2.24, 2.45) is 0 Å². The van der Waals surface area contributed by atoms with Gasteiger partial charge in [0.25, 0.3) is 0 Å². The molecule has 5 heteroatoms. The standard InChI is InChI=1S/C18H16O4S/c1-20-14-9-13(10-15(21-2)18(14)22-3)17(19)12-4-5-16-11(8-12)6-7-23-16/h4-10H,1-3H3. The molecule has 3 aromatic rings. The number of thiophene rings is 1. The van der Waals surface area contributed by atoms with Gasteiger partial charge in [0.2, 0.25) is 5.75 Å². The molecular weight excluding hydrogens is 312 g/mol. The molecule has 0 bridgehead atoms. The maximum absolute atomic E-state index is 12.8. The Morgan fingerprint density at radius 1 is 0.870 bits per heavy atom. The van der Waals surface area contributed by atoms with Crippen LogP contribution in [-0.4, -0.2) is 27.1 Å². The van der Waals surface area contributed by atoms with Crippen molar-refractivity contribution in [1.29, 1.82) is 0 Å². The van der Waals surface area contributed by atoms with Crippen LogP contribution in [0.5, 0.6) is 17.2 Å². The normalized spacial score (nSPS) is 10.6. The largest absolute Gasteiger partial charge is 0.493 e. The maximum Gasteiger partial charge on any atom is 0.203 e. The van der Waals surface area contributed by atoms with E-state index in [0.29, 0.717) is 28.4 Å². The lowest BCUT2D eigenvalue weighted by molar-refractivity contribution is 0.103. The van der Waals surface area contributed by atoms with Gasteiger partial charge in [-0.2, -0.15) is 0 Å². The SMILES string of the molecule is COc1cc(C(=O)c2ccc3sccc3c2)cc(OC)c1OC. The van der Waals surface area contributed by atoms with Crippen molar-refractivity contribution >= 4 is 27.2 Å². The summed E-state index contributed by atoms with van der Waals surface area (Å²) in [7, 11) is 4.60. The van der Waals surface area contributed by atoms with Crippen molar-refractivity contribution in [1.82, 2.24) is 0 Å². The summed E-state index contributed by atoms with van der Waals surface area (Å²) in [5.41, 5.74) is 1.12. The van der Waals surface area contributed by atoms with Crippen LogP contribution in [0.3, 0.4) is 0 Å². The molecule has 0 aliphatic carbocycles. The fraction of sp³-hybridized carbons (Fsp3) is 0.167. The second-order valence-corrected chi connectivity index (χ2v) is 5.86. The van der Waals surface area contributed by atoms with E-state index in [4.69, 9.17) is 14.2 Å². The Morgan fingerprint density at radius 2 is 1.57 bits per heavy atom. The Hall–Kier alpha value is -2.53. The number of ether oxygens (including phenoxy) is 3. The van der Waals surface area contributed by atoms with E-state index in [0.717, 1.165) is 10.1 Å². The van der Waals surface area contributed by atoms with Crippen LogP contribution in [-0.2, 0) is 0 Å². The number of hydrogen-bond acceptors (Lipinski definition) is 5. The highest BCUT2D eigenvalue weighted by Gasteiger charge is 2.18. The molecule has 1 heterocycles. The Morgan fingerprint density at radius 3 is 2.17 bits per heavy atom. The van der Waals surface area contributed by atoms with E-state index >= 15 is 0 Å². The number of hydrogen-bond donors (Lipinski definition) is 0. The average Bonchev–Trinajstić information content (AvgIpc) is 3.07. The lowest BCUT2D eigenvalue weighted by Crippen LogP contribution is -2.04. The molecule has 1 aromatic heterocycles. The first-order valence-electron chi connectivity index (χ1n) is 7.00. The summed E-state index contributed by atoms with van der Waals surface area (Å²) in [6.07, 6.45) is 0. The van der Waals surface area contributed by atoms with Gasteiger partial charge in [0.05, 0.1) is 21.3 Å². The molecule has 0 aliphatic heterocycles. The molecule has 0 saturated heterocycles. The molecular formula is C18H16O4S. The molecule has 23 heavy (non-hydrogen) atoms. The van der Waals surface area contributed by atoms with E-state index in [1.165, 1.54) is 21.3 Å². The summed E-state index contributed by atoms with van der Waals surface area (Å²) < 4.78 is 17.1. The summed E-state index contributed by atoms with van der Waals surface area (Å²) in [6.45, 7) is 0. The number of fused-ring (bicyclic) bond motifs is 1. The summed E-state index contributed by atoms with van der Waals surface area (Å²) in [5.74, 6) is 1.32. The number of benzene rings is 2. The van der Waals surface area contributed by atoms with Gasteiger partial charge in [-0.05, 0) is 47.2 Å². The van der Waals surface area contributed by atoms with Crippen LogP contribution in [0.15, 0.2) is 41.8 Å². The van der Waals surface area contributed by atoms with Gasteiger partial charge in [0.15, 0.2) is 17.3 Å². The zero-order valence-electron chi connectivity index (χ0n) is 13.1. The van der Waals surface area contributed by atoms with Crippen molar-refractivity contribution in [3.8, 4) is 17.2 Å². The molecule has 3 rings (SSSR count). The predicted molar refractivity (Wildman–Crippen MR) is 91.4 cm³/mol. The lowest BCUT2D eigenvalue weighted by Gasteiger charge is -2.13. The first-order chi connectivity index (χ1) is 11.2. The monoisotopic (exact) mass is 328 g/mol. The third-order valence-corrected chi connectivity index (χ3v) is 4.54. The number of rotatable bonds is 5. The average molecular weight is 328 g/mol. The highest BCUT2D eigenvalue weighted by atomic mass is 32.1. The third-order valence-electron chi connectivity index (χ3n) is 3.64. The molecule has 0 aliphatic rings. The Kier molecular flexibility index (Phi) is 4.21. The fourth-order valence-electron chi connectivity index (χ4n) is 2.49. The second-order valence-electron chi connectivity index (χ2n) is 4.92. The molecule has 4 nitrogen and oxygen atoms in total. The van der Waals surface area contributed by atoms with Gasteiger partial charge >= 0.3 is 0 Å². The predicted octanol–water partition coefficient (Wildman–Crippen LogP) is 4.16. The van der Waals surface area contributed by atoms with Crippen LogP contribution in [0, 0.1) is 0 Å². The Balaban J connectivity index is 2.07. The third kappa shape index (κ3) is 2.75. The number of ketones is 1. The van der Waals surface area contributed by atoms with Crippen LogP contribution in [0.4, 0.5) is 0 Å². The molecule has 0 amide bonds. The van der Waals surface area contributed by atoms with Gasteiger partial charge in [-0.3, -0.25) is 4.79 Å². The summed E-state index contributed by atoms with van der Waals surface area (Å²) in [6, 6.07) is 11.0. The van der Waals surface area contributed by atoms with Gasteiger partial charge < -0.3 is 14.2 Å². The van der Waals surface area contributed by atoms with E-state index in [1.807, 2.05) is 29.6 Å². The molecule has 2 aromatic carbocycles.